The maximum Gasteiger partial charge on any atom is 0.131 e. The Bertz CT molecular complexity index is 907. The summed E-state index contributed by atoms with van der Waals surface area (Å²) in [5.74, 6) is 1.72. The molecule has 0 radical (unpaired) electrons. The quantitative estimate of drug-likeness (QED) is 0.742. The van der Waals surface area contributed by atoms with Crippen molar-refractivity contribution in [2.45, 2.75) is 38.3 Å². The van der Waals surface area contributed by atoms with E-state index in [-0.39, 0.29) is 0 Å². The second-order valence-electron chi connectivity index (χ2n) is 7.22. The Labute approximate surface area is 142 Å². The van der Waals surface area contributed by atoms with Crippen LogP contribution in [0.25, 0.3) is 10.9 Å². The molecule has 0 spiro atoms. The van der Waals surface area contributed by atoms with Crippen LogP contribution in [-0.2, 0) is 26.6 Å². The largest absolute Gasteiger partial charge is 0.350 e. The Morgan fingerprint density at radius 2 is 2.08 bits per heavy atom. The molecule has 0 bridgehead atoms. The fourth-order valence-corrected chi connectivity index (χ4v) is 3.86. The van der Waals surface area contributed by atoms with E-state index in [4.69, 9.17) is 4.98 Å². The molecule has 24 heavy (non-hydrogen) atoms. The van der Waals surface area contributed by atoms with Gasteiger partial charge < -0.3 is 4.57 Å². The second-order valence-corrected chi connectivity index (χ2v) is 7.22. The van der Waals surface area contributed by atoms with Crippen LogP contribution in [0.2, 0.25) is 0 Å². The van der Waals surface area contributed by atoms with Crippen LogP contribution in [-0.4, -0.2) is 26.0 Å². The van der Waals surface area contributed by atoms with Crippen molar-refractivity contribution in [3.05, 3.63) is 59.3 Å². The fraction of sp³-hybridized carbons (Fsp3) is 0.400. The lowest BCUT2D eigenvalue weighted by atomic mass is 10.1. The van der Waals surface area contributed by atoms with Crippen LogP contribution in [0.3, 0.4) is 0 Å². The molecule has 0 saturated heterocycles. The van der Waals surface area contributed by atoms with Crippen molar-refractivity contribution in [3.63, 3.8) is 0 Å². The number of nitrogens with zero attached hydrogens (tertiary/aromatic N) is 4. The summed E-state index contributed by atoms with van der Waals surface area (Å²) in [7, 11) is 2.13. The molecule has 0 atom stereocenters. The highest BCUT2D eigenvalue weighted by molar-refractivity contribution is 5.83. The van der Waals surface area contributed by atoms with Crippen LogP contribution in [0.1, 0.15) is 41.4 Å². The van der Waals surface area contributed by atoms with E-state index in [1.807, 2.05) is 0 Å². The van der Waals surface area contributed by atoms with Gasteiger partial charge >= 0.3 is 0 Å². The van der Waals surface area contributed by atoms with Crippen molar-refractivity contribution >= 4 is 10.9 Å². The van der Waals surface area contributed by atoms with Gasteiger partial charge in [0.1, 0.15) is 5.82 Å². The van der Waals surface area contributed by atoms with Gasteiger partial charge in [-0.1, -0.05) is 18.2 Å². The van der Waals surface area contributed by atoms with E-state index in [0.29, 0.717) is 5.92 Å². The highest BCUT2D eigenvalue weighted by Crippen LogP contribution is 2.38. The second kappa shape index (κ2) is 5.42. The van der Waals surface area contributed by atoms with Crippen molar-refractivity contribution in [1.29, 1.82) is 0 Å². The molecule has 0 unspecified atom stereocenters. The third-order valence-corrected chi connectivity index (χ3v) is 5.35. The van der Waals surface area contributed by atoms with Crippen LogP contribution in [0.5, 0.6) is 0 Å². The lowest BCUT2D eigenvalue weighted by Crippen LogP contribution is -2.31. The van der Waals surface area contributed by atoms with Gasteiger partial charge in [-0.05, 0) is 24.5 Å². The standard InChI is InChI=1S/C20H22N4/c1-23-11-16(17-4-2-3-5-19(17)23)13-24-9-8-18-15(12-24)10-21-20(22-18)14-6-7-14/h2-5,10-11,14H,6-9,12-13H2,1H3. The summed E-state index contributed by atoms with van der Waals surface area (Å²) >= 11 is 0. The molecule has 1 saturated carbocycles. The SMILES string of the molecule is Cn1cc(CN2CCc3nc(C4CC4)ncc3C2)c2ccccc21. The van der Waals surface area contributed by atoms with Gasteiger partial charge in [-0.25, -0.2) is 9.97 Å². The first-order valence-corrected chi connectivity index (χ1v) is 8.88. The van der Waals surface area contributed by atoms with E-state index < -0.39 is 0 Å². The lowest BCUT2D eigenvalue weighted by molar-refractivity contribution is 0.243. The van der Waals surface area contributed by atoms with E-state index in [1.54, 1.807) is 0 Å². The summed E-state index contributed by atoms with van der Waals surface area (Å²) in [5, 5.41) is 1.37. The average molecular weight is 318 g/mol. The highest BCUT2D eigenvalue weighted by Gasteiger charge is 2.28. The van der Waals surface area contributed by atoms with Crippen molar-refractivity contribution in [1.82, 2.24) is 19.4 Å². The zero-order valence-electron chi connectivity index (χ0n) is 14.1. The number of para-hydroxylation sites is 1. The molecule has 122 valence electrons. The summed E-state index contributed by atoms with van der Waals surface area (Å²) in [6.45, 7) is 3.03. The van der Waals surface area contributed by atoms with Crippen molar-refractivity contribution in [3.8, 4) is 0 Å². The lowest BCUT2D eigenvalue weighted by Gasteiger charge is -2.27. The fourth-order valence-electron chi connectivity index (χ4n) is 3.86. The molecule has 3 aromatic rings. The number of benzene rings is 1. The van der Waals surface area contributed by atoms with Crippen LogP contribution < -0.4 is 0 Å². The summed E-state index contributed by atoms with van der Waals surface area (Å²) in [6, 6.07) is 8.66. The Kier molecular flexibility index (Phi) is 3.20. The molecule has 2 aromatic heterocycles. The average Bonchev–Trinajstić information content (AvgIpc) is 3.41. The van der Waals surface area contributed by atoms with Crippen LogP contribution in [0.15, 0.2) is 36.7 Å². The molecule has 5 rings (SSSR count). The summed E-state index contributed by atoms with van der Waals surface area (Å²) < 4.78 is 2.23. The van der Waals surface area contributed by atoms with Gasteiger partial charge in [0, 0.05) is 73.6 Å². The van der Waals surface area contributed by atoms with Crippen LogP contribution in [0.4, 0.5) is 0 Å². The minimum absolute atomic E-state index is 0.643. The number of fused-ring (bicyclic) bond motifs is 2. The third-order valence-electron chi connectivity index (χ3n) is 5.35. The van der Waals surface area contributed by atoms with Gasteiger partial charge in [-0.3, -0.25) is 4.90 Å². The zero-order chi connectivity index (χ0) is 16.1. The normalized spacial score (nSPS) is 18.0. The van der Waals surface area contributed by atoms with Gasteiger partial charge in [0.25, 0.3) is 0 Å². The number of aryl methyl sites for hydroxylation is 1. The van der Waals surface area contributed by atoms with Gasteiger partial charge in [-0.15, -0.1) is 0 Å². The van der Waals surface area contributed by atoms with Crippen molar-refractivity contribution in [2.75, 3.05) is 6.54 Å². The van der Waals surface area contributed by atoms with Crippen LogP contribution >= 0.6 is 0 Å². The molecule has 0 amide bonds. The predicted molar refractivity (Wildman–Crippen MR) is 94.7 cm³/mol. The first-order valence-electron chi connectivity index (χ1n) is 8.88. The summed E-state index contributed by atoms with van der Waals surface area (Å²) in [5.41, 5.74) is 5.31. The molecule has 4 nitrogen and oxygen atoms in total. The maximum atomic E-state index is 4.83. The molecule has 1 fully saturated rings. The van der Waals surface area contributed by atoms with Gasteiger partial charge in [-0.2, -0.15) is 0 Å². The van der Waals surface area contributed by atoms with E-state index in [0.717, 1.165) is 31.9 Å². The molecular formula is C20H22N4. The molecule has 1 aliphatic carbocycles. The van der Waals surface area contributed by atoms with Gasteiger partial charge in [0.05, 0.1) is 0 Å². The molecule has 3 heterocycles. The molecule has 1 aliphatic heterocycles. The molecule has 2 aliphatic rings. The Morgan fingerprint density at radius 1 is 1.21 bits per heavy atom. The number of hydrogen-bond acceptors (Lipinski definition) is 3. The van der Waals surface area contributed by atoms with E-state index in [1.165, 1.54) is 40.6 Å². The number of hydrogen-bond donors (Lipinski definition) is 0. The molecular weight excluding hydrogens is 296 g/mol. The predicted octanol–water partition coefficient (Wildman–Crippen LogP) is 3.40. The molecule has 1 aromatic carbocycles. The Morgan fingerprint density at radius 3 is 2.96 bits per heavy atom. The highest BCUT2D eigenvalue weighted by atomic mass is 15.1. The van der Waals surface area contributed by atoms with Crippen molar-refractivity contribution in [2.24, 2.45) is 7.05 Å². The van der Waals surface area contributed by atoms with Crippen LogP contribution in [0, 0.1) is 0 Å². The number of aromatic nitrogens is 3. The maximum absolute atomic E-state index is 4.83. The first kappa shape index (κ1) is 14.2. The topological polar surface area (TPSA) is 34.0 Å². The summed E-state index contributed by atoms with van der Waals surface area (Å²) in [6.07, 6.45) is 7.93. The van der Waals surface area contributed by atoms with Gasteiger partial charge in [0.2, 0.25) is 0 Å². The Hall–Kier alpha value is -2.20. The Balaban J connectivity index is 1.38. The monoisotopic (exact) mass is 318 g/mol. The van der Waals surface area contributed by atoms with E-state index in [2.05, 4.69) is 58.2 Å². The zero-order valence-corrected chi connectivity index (χ0v) is 14.1. The van der Waals surface area contributed by atoms with E-state index >= 15 is 0 Å². The first-order chi connectivity index (χ1) is 11.8. The van der Waals surface area contributed by atoms with Gasteiger partial charge in [0.15, 0.2) is 0 Å². The van der Waals surface area contributed by atoms with E-state index in [9.17, 15) is 0 Å². The molecule has 4 heteroatoms. The molecule has 0 N–H and O–H groups in total. The minimum Gasteiger partial charge on any atom is -0.350 e. The summed E-state index contributed by atoms with van der Waals surface area (Å²) in [4.78, 5) is 12.0. The smallest absolute Gasteiger partial charge is 0.131 e. The van der Waals surface area contributed by atoms with Crippen molar-refractivity contribution < 1.29 is 0 Å². The number of rotatable bonds is 3. The minimum atomic E-state index is 0.643. The third kappa shape index (κ3) is 2.42.